The van der Waals surface area contributed by atoms with Crippen LogP contribution in [0.5, 0.6) is 0 Å². The van der Waals surface area contributed by atoms with Crippen molar-refractivity contribution in [3.05, 3.63) is 20.2 Å². The minimum atomic E-state index is -1.08. The van der Waals surface area contributed by atoms with Crippen LogP contribution in [0, 0.1) is 20.2 Å². The quantitative estimate of drug-likeness (QED) is 0.385. The van der Waals surface area contributed by atoms with E-state index in [4.69, 9.17) is 0 Å². The summed E-state index contributed by atoms with van der Waals surface area (Å²) in [5.41, 5.74) is -2.16. The van der Waals surface area contributed by atoms with E-state index < -0.39 is 11.1 Å². The van der Waals surface area contributed by atoms with Crippen LogP contribution >= 0.6 is 0 Å². The van der Waals surface area contributed by atoms with Crippen LogP contribution in [0.25, 0.3) is 0 Å². The number of hydrogen-bond acceptors (Lipinski definition) is 8. The van der Waals surface area contributed by atoms with Crippen LogP contribution in [0.3, 0.4) is 0 Å². The van der Waals surface area contributed by atoms with Crippen molar-refractivity contribution >= 4 is 0 Å². The molecule has 0 amide bonds. The van der Waals surface area contributed by atoms with Gasteiger partial charge in [0.1, 0.15) is 0 Å². The summed E-state index contributed by atoms with van der Waals surface area (Å²) < 4.78 is 0. The largest absolute Gasteiger partial charge is 0.309 e. The first kappa shape index (κ1) is 20.9. The van der Waals surface area contributed by atoms with Gasteiger partial charge in [0.15, 0.2) is 0 Å². The molecule has 4 N–H and O–H groups in total. The molecule has 2 fully saturated rings. The molecule has 1 heterocycles. The molecule has 1 saturated heterocycles. The molecule has 0 aromatic carbocycles. The lowest BCUT2D eigenvalue weighted by molar-refractivity contribution is -0.561. The zero-order valence-corrected chi connectivity index (χ0v) is 15.8. The zero-order valence-electron chi connectivity index (χ0n) is 15.8. The molecule has 26 heavy (non-hydrogen) atoms. The summed E-state index contributed by atoms with van der Waals surface area (Å²) in [5.74, 6) is 0. The van der Waals surface area contributed by atoms with Crippen molar-refractivity contribution in [3.63, 3.8) is 0 Å². The molecule has 4 unspecified atom stereocenters. The van der Waals surface area contributed by atoms with Crippen LogP contribution in [0.4, 0.5) is 0 Å². The van der Waals surface area contributed by atoms with Crippen molar-refractivity contribution in [2.45, 2.75) is 62.7 Å². The number of rotatable bonds is 2. The van der Waals surface area contributed by atoms with Crippen LogP contribution in [0.2, 0.25) is 0 Å². The molecule has 0 bridgehead atoms. The normalized spacial score (nSPS) is 37.9. The molecule has 0 spiro atoms. The lowest BCUT2D eigenvalue weighted by Gasteiger charge is -2.36. The highest BCUT2D eigenvalue weighted by Gasteiger charge is 2.41. The Bertz CT molecular complexity index is 463. The molecule has 10 nitrogen and oxygen atoms in total. The van der Waals surface area contributed by atoms with E-state index in [0.717, 1.165) is 25.7 Å². The second-order valence-electron chi connectivity index (χ2n) is 8.12. The van der Waals surface area contributed by atoms with E-state index >= 15 is 0 Å². The molecule has 2 rings (SSSR count). The summed E-state index contributed by atoms with van der Waals surface area (Å²) in [6, 6.07) is 0.185. The third kappa shape index (κ3) is 5.32. The van der Waals surface area contributed by atoms with E-state index in [1.807, 2.05) is 0 Å². The average molecular weight is 372 g/mol. The second-order valence-corrected chi connectivity index (χ2v) is 8.12. The van der Waals surface area contributed by atoms with Gasteiger partial charge in [-0.3, -0.25) is 20.2 Å². The number of nitrogens with zero attached hydrogens (tertiary/aromatic N) is 2. The van der Waals surface area contributed by atoms with Gasteiger partial charge in [0.05, 0.1) is 26.2 Å². The van der Waals surface area contributed by atoms with Gasteiger partial charge in [0.25, 0.3) is 0 Å². The molecule has 1 saturated carbocycles. The van der Waals surface area contributed by atoms with E-state index in [1.165, 1.54) is 0 Å². The molecular weight excluding hydrogens is 340 g/mol. The Kier molecular flexibility index (Phi) is 7.27. The molecule has 10 heteroatoms. The fraction of sp³-hybridized carbons (Fsp3) is 1.00. The molecule has 4 atom stereocenters. The Hall–Kier alpha value is -1.36. The second kappa shape index (κ2) is 9.03. The molecule has 1 aliphatic carbocycles. The van der Waals surface area contributed by atoms with E-state index in [2.05, 4.69) is 21.3 Å². The minimum Gasteiger partial charge on any atom is -0.309 e. The van der Waals surface area contributed by atoms with Gasteiger partial charge in [0.2, 0.25) is 11.1 Å². The predicted octanol–water partition coefficient (Wildman–Crippen LogP) is -0.260. The molecule has 150 valence electrons. The summed E-state index contributed by atoms with van der Waals surface area (Å²) in [4.78, 5) is 22.7. The first-order chi connectivity index (χ1) is 12.3. The van der Waals surface area contributed by atoms with Gasteiger partial charge < -0.3 is 21.3 Å². The zero-order chi connectivity index (χ0) is 19.2. The Morgan fingerprint density at radius 2 is 1.15 bits per heavy atom. The highest BCUT2D eigenvalue weighted by atomic mass is 16.6. The molecule has 0 aromatic heterocycles. The lowest BCUT2D eigenvalue weighted by atomic mass is 9.88. The smallest absolute Gasteiger partial charge is 0.243 e. The van der Waals surface area contributed by atoms with Crippen molar-refractivity contribution in [1.29, 1.82) is 0 Å². The standard InChI is InChI=1S/C16H32N6O4/c1-15(21(23)24)9-17-7-8-18-10-16(2,22(25)26)12-20-14-6-4-3-5-13(14)19-11-15/h13-14,17-20H,3-12H2,1-2H3. The van der Waals surface area contributed by atoms with Crippen LogP contribution in [-0.4, -0.2) is 72.3 Å². The van der Waals surface area contributed by atoms with Crippen molar-refractivity contribution in [2.75, 3.05) is 39.3 Å². The van der Waals surface area contributed by atoms with Crippen LogP contribution in [0.1, 0.15) is 39.5 Å². The Labute approximate surface area is 154 Å². The third-order valence-electron chi connectivity index (χ3n) is 5.63. The summed E-state index contributed by atoms with van der Waals surface area (Å²) in [6.07, 6.45) is 3.98. The molecule has 2 aliphatic rings. The number of nitrogens with one attached hydrogen (secondary N) is 4. The van der Waals surface area contributed by atoms with Gasteiger partial charge in [-0.2, -0.15) is 0 Å². The fourth-order valence-electron chi connectivity index (χ4n) is 3.60. The van der Waals surface area contributed by atoms with Crippen LogP contribution in [0.15, 0.2) is 0 Å². The van der Waals surface area contributed by atoms with Crippen molar-refractivity contribution < 1.29 is 9.85 Å². The van der Waals surface area contributed by atoms with E-state index in [0.29, 0.717) is 13.1 Å². The summed E-state index contributed by atoms with van der Waals surface area (Å²) in [7, 11) is 0. The Balaban J connectivity index is 2.12. The maximum Gasteiger partial charge on any atom is 0.243 e. The van der Waals surface area contributed by atoms with Crippen LogP contribution < -0.4 is 21.3 Å². The highest BCUT2D eigenvalue weighted by Crippen LogP contribution is 2.20. The van der Waals surface area contributed by atoms with Gasteiger partial charge in [-0.1, -0.05) is 12.8 Å². The fourth-order valence-corrected chi connectivity index (χ4v) is 3.60. The first-order valence-corrected chi connectivity index (χ1v) is 9.44. The summed E-state index contributed by atoms with van der Waals surface area (Å²) in [5, 5.41) is 36.1. The number of nitro groups is 2. The Morgan fingerprint density at radius 1 is 0.769 bits per heavy atom. The van der Waals surface area contributed by atoms with Gasteiger partial charge in [-0.25, -0.2) is 0 Å². The van der Waals surface area contributed by atoms with Crippen LogP contribution in [-0.2, 0) is 0 Å². The molecule has 0 aromatic rings. The average Bonchev–Trinajstić information content (AvgIpc) is 2.61. The van der Waals surface area contributed by atoms with E-state index in [9.17, 15) is 20.2 Å². The lowest BCUT2D eigenvalue weighted by Crippen LogP contribution is -2.61. The number of hydrogen-bond donors (Lipinski definition) is 4. The molecule has 0 radical (unpaired) electrons. The maximum absolute atomic E-state index is 11.6. The minimum absolute atomic E-state index is 0.0925. The Morgan fingerprint density at radius 3 is 1.50 bits per heavy atom. The highest BCUT2D eigenvalue weighted by molar-refractivity contribution is 4.92. The van der Waals surface area contributed by atoms with Gasteiger partial charge in [-0.05, 0) is 12.8 Å². The monoisotopic (exact) mass is 372 g/mol. The summed E-state index contributed by atoms with van der Waals surface area (Å²) in [6.45, 7) is 5.42. The first-order valence-electron chi connectivity index (χ1n) is 9.44. The van der Waals surface area contributed by atoms with Crippen molar-refractivity contribution in [2.24, 2.45) is 0 Å². The van der Waals surface area contributed by atoms with Crippen molar-refractivity contribution in [3.8, 4) is 0 Å². The SMILES string of the molecule is CC1([N+](=O)[O-])CNCCNCC(C)([N+](=O)[O-])CNC2CCCCC2NC1. The van der Waals surface area contributed by atoms with E-state index in [-0.39, 0.29) is 48.1 Å². The van der Waals surface area contributed by atoms with E-state index in [1.54, 1.807) is 13.8 Å². The number of fused-ring (bicyclic) bond motifs is 1. The van der Waals surface area contributed by atoms with Gasteiger partial charge in [0, 0.05) is 48.9 Å². The molecular formula is C16H32N6O4. The molecule has 1 aliphatic heterocycles. The maximum atomic E-state index is 11.6. The summed E-state index contributed by atoms with van der Waals surface area (Å²) >= 11 is 0. The van der Waals surface area contributed by atoms with Gasteiger partial charge in [-0.15, -0.1) is 0 Å². The third-order valence-corrected chi connectivity index (χ3v) is 5.63. The van der Waals surface area contributed by atoms with Crippen molar-refractivity contribution in [1.82, 2.24) is 21.3 Å². The topological polar surface area (TPSA) is 134 Å². The van der Waals surface area contributed by atoms with Gasteiger partial charge >= 0.3 is 0 Å². The predicted molar refractivity (Wildman–Crippen MR) is 98.6 cm³/mol.